The number of allylic oxidation sites excluding steroid dienone is 1. The van der Waals surface area contributed by atoms with Crippen molar-refractivity contribution in [2.75, 3.05) is 0 Å². The van der Waals surface area contributed by atoms with Crippen LogP contribution in [0, 0.1) is 10.1 Å². The highest BCUT2D eigenvalue weighted by molar-refractivity contribution is 4.79. The predicted molar refractivity (Wildman–Crippen MR) is 43.0 cm³/mol. The second-order valence-electron chi connectivity index (χ2n) is 2.23. The van der Waals surface area contributed by atoms with E-state index in [0.717, 1.165) is 6.20 Å². The van der Waals surface area contributed by atoms with Crippen molar-refractivity contribution in [2.45, 2.75) is 13.0 Å². The molecule has 1 rings (SSSR count). The summed E-state index contributed by atoms with van der Waals surface area (Å²) in [6.07, 6.45) is 6.59. The Balaban J connectivity index is 2.23. The molecule has 0 aliphatic rings. The molecule has 1 heterocycles. The van der Waals surface area contributed by atoms with Gasteiger partial charge in [-0.05, 0) is 18.6 Å². The SMILES string of the molecule is O=[N+]([O-])/C=C/CCn1cccn1. The van der Waals surface area contributed by atoms with Crippen LogP contribution in [-0.2, 0) is 6.54 Å². The summed E-state index contributed by atoms with van der Waals surface area (Å²) >= 11 is 0. The van der Waals surface area contributed by atoms with Crippen LogP contribution < -0.4 is 0 Å². The van der Waals surface area contributed by atoms with Crippen LogP contribution in [0.4, 0.5) is 0 Å². The Morgan fingerprint density at radius 1 is 1.67 bits per heavy atom. The van der Waals surface area contributed by atoms with Gasteiger partial charge in [-0.2, -0.15) is 5.10 Å². The summed E-state index contributed by atoms with van der Waals surface area (Å²) in [7, 11) is 0. The third kappa shape index (κ3) is 2.96. The van der Waals surface area contributed by atoms with E-state index < -0.39 is 4.92 Å². The zero-order chi connectivity index (χ0) is 8.81. The highest BCUT2D eigenvalue weighted by Gasteiger charge is 1.88. The lowest BCUT2D eigenvalue weighted by molar-refractivity contribution is -0.402. The smallest absolute Gasteiger partial charge is 0.230 e. The largest absolute Gasteiger partial charge is 0.272 e. The monoisotopic (exact) mass is 167 g/mol. The highest BCUT2D eigenvalue weighted by atomic mass is 16.6. The fraction of sp³-hybridized carbons (Fsp3) is 0.286. The van der Waals surface area contributed by atoms with Crippen LogP contribution in [0.5, 0.6) is 0 Å². The summed E-state index contributed by atoms with van der Waals surface area (Å²) in [5.74, 6) is 0. The maximum absolute atomic E-state index is 9.86. The molecule has 0 aliphatic heterocycles. The fourth-order valence-corrected chi connectivity index (χ4v) is 0.800. The first-order valence-corrected chi connectivity index (χ1v) is 3.56. The maximum Gasteiger partial charge on any atom is 0.230 e. The third-order valence-electron chi connectivity index (χ3n) is 1.31. The second-order valence-corrected chi connectivity index (χ2v) is 2.23. The minimum absolute atomic E-state index is 0.469. The normalized spacial score (nSPS) is 10.7. The van der Waals surface area contributed by atoms with E-state index in [9.17, 15) is 10.1 Å². The molecule has 12 heavy (non-hydrogen) atoms. The standard InChI is InChI=1S/C7H9N3O2/c11-10(12)7-2-1-5-9-6-3-4-8-9/h2-4,6-7H,1,5H2/b7-2+. The Kier molecular flexibility index (Phi) is 3.01. The lowest BCUT2D eigenvalue weighted by Gasteiger charge is -1.94. The van der Waals surface area contributed by atoms with Crippen molar-refractivity contribution in [3.8, 4) is 0 Å². The van der Waals surface area contributed by atoms with Crippen LogP contribution in [0.2, 0.25) is 0 Å². The number of aryl methyl sites for hydroxylation is 1. The summed E-state index contributed by atoms with van der Waals surface area (Å²) in [5.41, 5.74) is 0. The van der Waals surface area contributed by atoms with Crippen LogP contribution in [0.3, 0.4) is 0 Å². The van der Waals surface area contributed by atoms with Gasteiger partial charge in [-0.15, -0.1) is 0 Å². The molecule has 0 aliphatic carbocycles. The number of nitro groups is 1. The van der Waals surface area contributed by atoms with E-state index in [1.165, 1.54) is 6.08 Å². The summed E-state index contributed by atoms with van der Waals surface area (Å²) in [6.45, 7) is 0.678. The summed E-state index contributed by atoms with van der Waals surface area (Å²) < 4.78 is 1.73. The average Bonchev–Trinajstić information content (AvgIpc) is 2.49. The Morgan fingerprint density at radius 2 is 2.50 bits per heavy atom. The van der Waals surface area contributed by atoms with Crippen molar-refractivity contribution in [1.82, 2.24) is 9.78 Å². The molecule has 5 heteroatoms. The van der Waals surface area contributed by atoms with Gasteiger partial charge in [0.25, 0.3) is 0 Å². The van der Waals surface area contributed by atoms with Crippen LogP contribution in [0.1, 0.15) is 6.42 Å². The van der Waals surface area contributed by atoms with Gasteiger partial charge in [-0.25, -0.2) is 0 Å². The Bertz CT molecular complexity index is 266. The first-order chi connectivity index (χ1) is 5.79. The first kappa shape index (κ1) is 8.45. The fourth-order valence-electron chi connectivity index (χ4n) is 0.800. The number of aromatic nitrogens is 2. The number of nitrogens with zero attached hydrogens (tertiary/aromatic N) is 3. The van der Waals surface area contributed by atoms with Crippen LogP contribution in [0.25, 0.3) is 0 Å². The van der Waals surface area contributed by atoms with Gasteiger partial charge in [0.05, 0.1) is 4.92 Å². The second kappa shape index (κ2) is 4.27. The topological polar surface area (TPSA) is 61.0 Å². The van der Waals surface area contributed by atoms with Gasteiger partial charge in [-0.1, -0.05) is 0 Å². The molecule has 1 aromatic heterocycles. The van der Waals surface area contributed by atoms with Crippen LogP contribution >= 0.6 is 0 Å². The third-order valence-corrected chi connectivity index (χ3v) is 1.31. The molecule has 0 spiro atoms. The molecular formula is C7H9N3O2. The van der Waals surface area contributed by atoms with Crippen LogP contribution in [0.15, 0.2) is 30.7 Å². The van der Waals surface area contributed by atoms with Crippen molar-refractivity contribution in [1.29, 1.82) is 0 Å². The minimum Gasteiger partial charge on any atom is -0.272 e. The molecule has 5 nitrogen and oxygen atoms in total. The molecule has 0 saturated carbocycles. The van der Waals surface area contributed by atoms with Crippen molar-refractivity contribution >= 4 is 0 Å². The van der Waals surface area contributed by atoms with Gasteiger partial charge in [0.15, 0.2) is 0 Å². The summed E-state index contributed by atoms with van der Waals surface area (Å²) in [5, 5.41) is 13.8. The zero-order valence-electron chi connectivity index (χ0n) is 6.46. The van der Waals surface area contributed by atoms with E-state index in [4.69, 9.17) is 0 Å². The van der Waals surface area contributed by atoms with Crippen molar-refractivity contribution in [3.63, 3.8) is 0 Å². The van der Waals surface area contributed by atoms with Crippen molar-refractivity contribution in [2.24, 2.45) is 0 Å². The van der Waals surface area contributed by atoms with Crippen molar-refractivity contribution < 1.29 is 4.92 Å². The molecule has 0 atom stereocenters. The Morgan fingerprint density at radius 3 is 3.08 bits per heavy atom. The van der Waals surface area contributed by atoms with E-state index in [1.807, 2.05) is 12.3 Å². The van der Waals surface area contributed by atoms with E-state index >= 15 is 0 Å². The van der Waals surface area contributed by atoms with Gasteiger partial charge in [0.1, 0.15) is 0 Å². The van der Waals surface area contributed by atoms with Gasteiger partial charge in [0, 0.05) is 18.9 Å². The van der Waals surface area contributed by atoms with Gasteiger partial charge >= 0.3 is 0 Å². The quantitative estimate of drug-likeness (QED) is 0.497. The molecule has 0 unspecified atom stereocenters. The Hall–Kier alpha value is -1.65. The van der Waals surface area contributed by atoms with E-state index in [2.05, 4.69) is 5.10 Å². The van der Waals surface area contributed by atoms with E-state index in [1.54, 1.807) is 10.9 Å². The number of hydrogen-bond acceptors (Lipinski definition) is 3. The maximum atomic E-state index is 9.86. The molecule has 0 radical (unpaired) electrons. The number of rotatable bonds is 4. The van der Waals surface area contributed by atoms with E-state index in [-0.39, 0.29) is 0 Å². The molecule has 64 valence electrons. The van der Waals surface area contributed by atoms with Gasteiger partial charge < -0.3 is 0 Å². The molecule has 0 aromatic carbocycles. The lowest BCUT2D eigenvalue weighted by Crippen LogP contribution is -1.96. The van der Waals surface area contributed by atoms with Crippen molar-refractivity contribution in [3.05, 3.63) is 40.9 Å². The van der Waals surface area contributed by atoms with Gasteiger partial charge in [-0.3, -0.25) is 14.8 Å². The minimum atomic E-state index is -0.469. The molecule has 0 N–H and O–H groups in total. The molecule has 0 saturated heterocycles. The highest BCUT2D eigenvalue weighted by Crippen LogP contribution is 1.90. The summed E-state index contributed by atoms with van der Waals surface area (Å²) in [6, 6.07) is 1.82. The van der Waals surface area contributed by atoms with Gasteiger partial charge in [0.2, 0.25) is 6.20 Å². The van der Waals surface area contributed by atoms with E-state index in [0.29, 0.717) is 13.0 Å². The molecule has 1 aromatic rings. The Labute approximate surface area is 69.5 Å². The lowest BCUT2D eigenvalue weighted by atomic mass is 10.4. The zero-order valence-corrected chi connectivity index (χ0v) is 6.46. The van der Waals surface area contributed by atoms with Crippen LogP contribution in [-0.4, -0.2) is 14.7 Å². The average molecular weight is 167 g/mol. The first-order valence-electron chi connectivity index (χ1n) is 3.56. The summed E-state index contributed by atoms with van der Waals surface area (Å²) in [4.78, 5) is 9.39. The predicted octanol–water partition coefficient (Wildman–Crippen LogP) is 1.06. The molecule has 0 bridgehead atoms. The molecule has 0 fully saturated rings. The molecular weight excluding hydrogens is 158 g/mol. The number of hydrogen-bond donors (Lipinski definition) is 0. The molecule has 0 amide bonds.